The third-order valence-electron chi connectivity index (χ3n) is 3.52. The van der Waals surface area contributed by atoms with Crippen LogP contribution in [0.1, 0.15) is 26.0 Å². The van der Waals surface area contributed by atoms with E-state index < -0.39 is 0 Å². The number of carbonyl (C=O) groups excluding carboxylic acids is 1. The summed E-state index contributed by atoms with van der Waals surface area (Å²) in [7, 11) is 0. The molecule has 0 saturated carbocycles. The van der Waals surface area contributed by atoms with E-state index in [2.05, 4.69) is 4.99 Å². The number of aliphatic imine (C=N–C) groups is 1. The Hall–Kier alpha value is -2.47. The standard InChI is InChI=1S/C19H20N2O3S/c1-3-11-21-18(22)17(13-16-6-5-12-24-16)25-19(21)20-14-7-9-15(10-8-14)23-4-2/h5-10,12-13H,3-4,11H2,1-2H3/b17-13-,20-19?. The van der Waals surface area contributed by atoms with Gasteiger partial charge in [0.1, 0.15) is 11.5 Å². The van der Waals surface area contributed by atoms with E-state index in [0.717, 1.165) is 17.9 Å². The molecule has 0 unspecified atom stereocenters. The van der Waals surface area contributed by atoms with Gasteiger partial charge in [-0.3, -0.25) is 9.69 Å². The molecule has 25 heavy (non-hydrogen) atoms. The summed E-state index contributed by atoms with van der Waals surface area (Å²) >= 11 is 1.37. The Morgan fingerprint density at radius 2 is 2.04 bits per heavy atom. The largest absolute Gasteiger partial charge is 0.494 e. The average Bonchev–Trinajstić information content (AvgIpc) is 3.22. The summed E-state index contributed by atoms with van der Waals surface area (Å²) in [5.74, 6) is 1.44. The first-order valence-electron chi connectivity index (χ1n) is 8.27. The summed E-state index contributed by atoms with van der Waals surface area (Å²) in [6.45, 7) is 5.26. The molecule has 2 heterocycles. The number of carbonyl (C=O) groups is 1. The highest BCUT2D eigenvalue weighted by Crippen LogP contribution is 2.34. The Balaban J connectivity index is 1.86. The molecule has 1 fully saturated rings. The maximum atomic E-state index is 12.7. The van der Waals surface area contributed by atoms with Gasteiger partial charge in [0.2, 0.25) is 0 Å². The van der Waals surface area contributed by atoms with Crippen molar-refractivity contribution in [3.05, 3.63) is 53.3 Å². The van der Waals surface area contributed by atoms with Crippen LogP contribution in [0.15, 0.2) is 57.0 Å². The molecule has 6 heteroatoms. The lowest BCUT2D eigenvalue weighted by molar-refractivity contribution is -0.122. The number of amidine groups is 1. The minimum Gasteiger partial charge on any atom is -0.494 e. The lowest BCUT2D eigenvalue weighted by Crippen LogP contribution is -2.29. The molecule has 3 rings (SSSR count). The fraction of sp³-hybridized carbons (Fsp3) is 0.263. The topological polar surface area (TPSA) is 55.0 Å². The van der Waals surface area contributed by atoms with Crippen molar-refractivity contribution < 1.29 is 13.9 Å². The number of furan rings is 1. The lowest BCUT2D eigenvalue weighted by Gasteiger charge is -2.14. The highest BCUT2D eigenvalue weighted by molar-refractivity contribution is 8.18. The number of benzene rings is 1. The number of nitrogens with zero attached hydrogens (tertiary/aromatic N) is 2. The fourth-order valence-electron chi connectivity index (χ4n) is 2.41. The van der Waals surface area contributed by atoms with Crippen LogP contribution in [0.5, 0.6) is 5.75 Å². The average molecular weight is 356 g/mol. The van der Waals surface area contributed by atoms with E-state index in [1.165, 1.54) is 11.8 Å². The van der Waals surface area contributed by atoms with Gasteiger partial charge in [-0.2, -0.15) is 0 Å². The van der Waals surface area contributed by atoms with E-state index in [9.17, 15) is 4.79 Å². The quantitative estimate of drug-likeness (QED) is 0.705. The van der Waals surface area contributed by atoms with Gasteiger partial charge >= 0.3 is 0 Å². The Kier molecular flexibility index (Phi) is 5.60. The normalized spacial score (nSPS) is 17.7. The molecule has 1 amide bonds. The zero-order valence-corrected chi connectivity index (χ0v) is 15.1. The SMILES string of the molecule is CCCN1C(=O)/C(=C/c2ccco2)SC1=Nc1ccc(OCC)cc1. The van der Waals surface area contributed by atoms with Crippen molar-refractivity contribution in [1.82, 2.24) is 4.90 Å². The summed E-state index contributed by atoms with van der Waals surface area (Å²) in [6.07, 6.45) is 4.22. The molecule has 5 nitrogen and oxygen atoms in total. The molecule has 0 aliphatic carbocycles. The summed E-state index contributed by atoms with van der Waals surface area (Å²) < 4.78 is 10.8. The van der Waals surface area contributed by atoms with Crippen LogP contribution in [-0.4, -0.2) is 29.1 Å². The smallest absolute Gasteiger partial charge is 0.266 e. The number of amides is 1. The summed E-state index contributed by atoms with van der Waals surface area (Å²) in [5.41, 5.74) is 0.791. The summed E-state index contributed by atoms with van der Waals surface area (Å²) in [6, 6.07) is 11.2. The van der Waals surface area contributed by atoms with Crippen LogP contribution in [0.4, 0.5) is 5.69 Å². The molecule has 0 N–H and O–H groups in total. The van der Waals surface area contributed by atoms with Gasteiger partial charge in [0, 0.05) is 12.6 Å². The van der Waals surface area contributed by atoms with Crippen molar-refractivity contribution in [1.29, 1.82) is 0 Å². The second kappa shape index (κ2) is 8.07. The van der Waals surface area contributed by atoms with E-state index in [0.29, 0.717) is 29.0 Å². The zero-order chi connectivity index (χ0) is 17.6. The third kappa shape index (κ3) is 4.14. The first-order chi connectivity index (χ1) is 12.2. The van der Waals surface area contributed by atoms with E-state index in [-0.39, 0.29) is 5.91 Å². The second-order valence-corrected chi connectivity index (χ2v) is 6.41. The van der Waals surface area contributed by atoms with Crippen molar-refractivity contribution in [3.8, 4) is 5.75 Å². The van der Waals surface area contributed by atoms with Crippen LogP contribution in [-0.2, 0) is 4.79 Å². The minimum absolute atomic E-state index is 0.0343. The predicted molar refractivity (Wildman–Crippen MR) is 101 cm³/mol. The highest BCUT2D eigenvalue weighted by Gasteiger charge is 2.32. The molecular weight excluding hydrogens is 336 g/mol. The predicted octanol–water partition coefficient (Wildman–Crippen LogP) is 4.69. The van der Waals surface area contributed by atoms with E-state index in [1.807, 2.05) is 44.2 Å². The molecule has 1 saturated heterocycles. The first-order valence-corrected chi connectivity index (χ1v) is 9.09. The van der Waals surface area contributed by atoms with Gasteiger partial charge in [0.15, 0.2) is 5.17 Å². The summed E-state index contributed by atoms with van der Waals surface area (Å²) in [4.78, 5) is 19.6. The van der Waals surface area contributed by atoms with Gasteiger partial charge in [-0.25, -0.2) is 4.99 Å². The molecule has 0 atom stereocenters. The number of thioether (sulfide) groups is 1. The second-order valence-electron chi connectivity index (χ2n) is 5.40. The van der Waals surface area contributed by atoms with E-state index in [1.54, 1.807) is 23.3 Å². The maximum Gasteiger partial charge on any atom is 0.266 e. The van der Waals surface area contributed by atoms with Crippen molar-refractivity contribution in [3.63, 3.8) is 0 Å². The molecular formula is C19H20N2O3S. The maximum absolute atomic E-state index is 12.7. The van der Waals surface area contributed by atoms with Crippen molar-refractivity contribution in [2.75, 3.05) is 13.2 Å². The molecule has 2 aromatic rings. The van der Waals surface area contributed by atoms with Gasteiger partial charge in [-0.05, 0) is 61.5 Å². The monoisotopic (exact) mass is 356 g/mol. The van der Waals surface area contributed by atoms with Crippen molar-refractivity contribution >= 4 is 34.6 Å². The molecule has 1 aromatic heterocycles. The van der Waals surface area contributed by atoms with Crippen molar-refractivity contribution in [2.45, 2.75) is 20.3 Å². The molecule has 1 aliphatic heterocycles. The Morgan fingerprint density at radius 1 is 1.24 bits per heavy atom. The van der Waals surface area contributed by atoms with Crippen molar-refractivity contribution in [2.24, 2.45) is 4.99 Å². The fourth-order valence-corrected chi connectivity index (χ4v) is 3.41. The third-order valence-corrected chi connectivity index (χ3v) is 4.53. The number of hydrogen-bond donors (Lipinski definition) is 0. The molecule has 1 aromatic carbocycles. The molecule has 0 bridgehead atoms. The van der Waals surface area contributed by atoms with E-state index >= 15 is 0 Å². The van der Waals surface area contributed by atoms with Crippen LogP contribution in [0, 0.1) is 0 Å². The molecule has 1 aliphatic rings. The van der Waals surface area contributed by atoms with Crippen LogP contribution in [0.3, 0.4) is 0 Å². The molecule has 130 valence electrons. The minimum atomic E-state index is -0.0343. The van der Waals surface area contributed by atoms with Crippen LogP contribution < -0.4 is 4.74 Å². The number of rotatable bonds is 6. The van der Waals surface area contributed by atoms with Gasteiger partial charge in [-0.15, -0.1) is 0 Å². The van der Waals surface area contributed by atoms with Crippen LogP contribution in [0.25, 0.3) is 6.08 Å². The van der Waals surface area contributed by atoms with Crippen LogP contribution in [0.2, 0.25) is 0 Å². The first kappa shape index (κ1) is 17.4. The Morgan fingerprint density at radius 3 is 2.68 bits per heavy atom. The number of ether oxygens (including phenoxy) is 1. The van der Waals surface area contributed by atoms with Gasteiger partial charge in [-0.1, -0.05) is 6.92 Å². The molecule has 0 spiro atoms. The number of hydrogen-bond acceptors (Lipinski definition) is 5. The molecule has 0 radical (unpaired) electrons. The highest BCUT2D eigenvalue weighted by atomic mass is 32.2. The summed E-state index contributed by atoms with van der Waals surface area (Å²) in [5, 5.41) is 0.689. The zero-order valence-electron chi connectivity index (χ0n) is 14.3. The lowest BCUT2D eigenvalue weighted by atomic mass is 10.3. The Bertz CT molecular complexity index is 780. The van der Waals surface area contributed by atoms with Crippen LogP contribution >= 0.6 is 11.8 Å². The van der Waals surface area contributed by atoms with Gasteiger partial charge in [0.25, 0.3) is 5.91 Å². The Labute approximate surface area is 151 Å². The van der Waals surface area contributed by atoms with E-state index in [4.69, 9.17) is 9.15 Å². The van der Waals surface area contributed by atoms with Gasteiger partial charge in [0.05, 0.1) is 23.5 Å². The van der Waals surface area contributed by atoms with Gasteiger partial charge < -0.3 is 9.15 Å².